The van der Waals surface area contributed by atoms with Crippen LogP contribution in [0.1, 0.15) is 16.8 Å². The molecule has 0 aromatic heterocycles. The second-order valence-electron chi connectivity index (χ2n) is 4.62. The van der Waals surface area contributed by atoms with Crippen molar-refractivity contribution in [1.29, 1.82) is 0 Å². The lowest BCUT2D eigenvalue weighted by atomic mass is 10.1. The summed E-state index contributed by atoms with van der Waals surface area (Å²) in [5, 5.41) is 0. The Kier molecular flexibility index (Phi) is 7.87. The Hall–Kier alpha value is -1.43. The van der Waals surface area contributed by atoms with Crippen LogP contribution >= 0.6 is 0 Å². The number of anilines is 1. The van der Waals surface area contributed by atoms with Crippen molar-refractivity contribution in [1.82, 2.24) is 4.90 Å². The number of methoxy groups -OCH3 is 2. The molecule has 0 heterocycles. The number of ether oxygens (including phenoxy) is 2. The molecule has 0 aliphatic heterocycles. The summed E-state index contributed by atoms with van der Waals surface area (Å²) >= 11 is 0. The van der Waals surface area contributed by atoms with Crippen LogP contribution in [-0.2, 0) is 9.47 Å². The molecule has 112 valence electrons. The van der Waals surface area contributed by atoms with Crippen LogP contribution in [0.25, 0.3) is 0 Å². The van der Waals surface area contributed by atoms with Gasteiger partial charge in [-0.3, -0.25) is 9.69 Å². The van der Waals surface area contributed by atoms with Crippen molar-refractivity contribution in [2.24, 2.45) is 0 Å². The molecule has 1 aromatic rings. The van der Waals surface area contributed by atoms with Gasteiger partial charge in [-0.05, 0) is 24.3 Å². The van der Waals surface area contributed by atoms with Gasteiger partial charge in [0.15, 0.2) is 5.78 Å². The Bertz CT molecular complexity index is 385. The molecule has 0 radical (unpaired) electrons. The van der Waals surface area contributed by atoms with Crippen molar-refractivity contribution in [3.63, 3.8) is 0 Å². The number of benzene rings is 1. The van der Waals surface area contributed by atoms with E-state index in [0.29, 0.717) is 37.4 Å². The molecule has 0 unspecified atom stereocenters. The molecule has 0 amide bonds. The molecule has 20 heavy (non-hydrogen) atoms. The molecule has 0 saturated carbocycles. The van der Waals surface area contributed by atoms with E-state index in [9.17, 15) is 4.79 Å². The second kappa shape index (κ2) is 9.47. The summed E-state index contributed by atoms with van der Waals surface area (Å²) in [5.41, 5.74) is 6.99. The number of rotatable bonds is 10. The first-order valence-corrected chi connectivity index (χ1v) is 6.76. The van der Waals surface area contributed by atoms with E-state index in [1.54, 1.807) is 38.5 Å². The zero-order valence-corrected chi connectivity index (χ0v) is 12.3. The smallest absolute Gasteiger partial charge is 0.164 e. The molecule has 0 aliphatic rings. The lowest BCUT2D eigenvalue weighted by Gasteiger charge is -2.21. The van der Waals surface area contributed by atoms with Crippen molar-refractivity contribution >= 4 is 11.5 Å². The number of Topliss-reactive ketones (excluding diaryl/α,β-unsaturated/α-hetero) is 1. The van der Waals surface area contributed by atoms with E-state index >= 15 is 0 Å². The maximum Gasteiger partial charge on any atom is 0.164 e. The zero-order chi connectivity index (χ0) is 14.8. The highest BCUT2D eigenvalue weighted by molar-refractivity contribution is 5.96. The summed E-state index contributed by atoms with van der Waals surface area (Å²) < 4.78 is 10.2. The van der Waals surface area contributed by atoms with Crippen LogP contribution in [0.3, 0.4) is 0 Å². The number of carbonyl (C=O) groups excluding carboxylic acids is 1. The summed E-state index contributed by atoms with van der Waals surface area (Å²) in [6, 6.07) is 7.04. The van der Waals surface area contributed by atoms with Crippen molar-refractivity contribution < 1.29 is 14.3 Å². The standard InChI is InChI=1S/C15H24N2O3/c1-19-11-9-17(10-12-20-2)8-7-15(18)13-3-5-14(16)6-4-13/h3-6H,7-12,16H2,1-2H3. The molecule has 5 nitrogen and oxygen atoms in total. The average Bonchev–Trinajstić information content (AvgIpc) is 2.47. The lowest BCUT2D eigenvalue weighted by Crippen LogP contribution is -2.32. The van der Waals surface area contributed by atoms with E-state index < -0.39 is 0 Å². The fourth-order valence-electron chi connectivity index (χ4n) is 1.85. The van der Waals surface area contributed by atoms with Gasteiger partial charge < -0.3 is 15.2 Å². The summed E-state index contributed by atoms with van der Waals surface area (Å²) in [4.78, 5) is 14.2. The maximum atomic E-state index is 12.1. The Morgan fingerprint density at radius 2 is 1.60 bits per heavy atom. The lowest BCUT2D eigenvalue weighted by molar-refractivity contribution is 0.0911. The first kappa shape index (κ1) is 16.6. The highest BCUT2D eigenvalue weighted by Gasteiger charge is 2.10. The molecule has 0 fully saturated rings. The summed E-state index contributed by atoms with van der Waals surface area (Å²) in [6.07, 6.45) is 0.483. The number of carbonyl (C=O) groups is 1. The number of nitrogens with zero attached hydrogens (tertiary/aromatic N) is 1. The fraction of sp³-hybridized carbons (Fsp3) is 0.533. The molecular weight excluding hydrogens is 256 g/mol. The Labute approximate surface area is 120 Å². The normalized spacial score (nSPS) is 10.9. The largest absolute Gasteiger partial charge is 0.399 e. The number of nitrogens with two attached hydrogens (primary N) is 1. The number of ketones is 1. The van der Waals surface area contributed by atoms with Gasteiger partial charge in [0.25, 0.3) is 0 Å². The molecule has 0 aliphatic carbocycles. The Morgan fingerprint density at radius 1 is 1.05 bits per heavy atom. The first-order chi connectivity index (χ1) is 9.67. The van der Waals surface area contributed by atoms with E-state index in [1.807, 2.05) is 0 Å². The average molecular weight is 280 g/mol. The fourth-order valence-corrected chi connectivity index (χ4v) is 1.85. The van der Waals surface area contributed by atoms with Crippen LogP contribution in [0.15, 0.2) is 24.3 Å². The molecule has 2 N–H and O–H groups in total. The van der Waals surface area contributed by atoms with Crippen LogP contribution in [0, 0.1) is 0 Å². The minimum absolute atomic E-state index is 0.129. The quantitative estimate of drug-likeness (QED) is 0.519. The van der Waals surface area contributed by atoms with Crippen molar-refractivity contribution in [3.05, 3.63) is 29.8 Å². The van der Waals surface area contributed by atoms with Gasteiger partial charge in [0.1, 0.15) is 0 Å². The van der Waals surface area contributed by atoms with Crippen molar-refractivity contribution in [2.45, 2.75) is 6.42 Å². The number of hydrogen-bond acceptors (Lipinski definition) is 5. The van der Waals surface area contributed by atoms with Crippen LogP contribution in [0.5, 0.6) is 0 Å². The SMILES string of the molecule is COCCN(CCOC)CCC(=O)c1ccc(N)cc1. The molecule has 1 rings (SSSR count). The van der Waals surface area contributed by atoms with E-state index in [0.717, 1.165) is 13.1 Å². The van der Waals surface area contributed by atoms with Gasteiger partial charge in [-0.1, -0.05) is 0 Å². The van der Waals surface area contributed by atoms with Crippen molar-refractivity contribution in [2.75, 3.05) is 52.8 Å². The minimum atomic E-state index is 0.129. The number of nitrogen functional groups attached to an aromatic ring is 1. The molecule has 5 heteroatoms. The highest BCUT2D eigenvalue weighted by atomic mass is 16.5. The minimum Gasteiger partial charge on any atom is -0.399 e. The van der Waals surface area contributed by atoms with Gasteiger partial charge in [-0.2, -0.15) is 0 Å². The summed E-state index contributed by atoms with van der Waals surface area (Å²) in [5.74, 6) is 0.129. The van der Waals surface area contributed by atoms with Crippen LogP contribution < -0.4 is 5.73 Å². The Morgan fingerprint density at radius 3 is 2.10 bits per heavy atom. The van der Waals surface area contributed by atoms with Gasteiger partial charge in [0.2, 0.25) is 0 Å². The predicted octanol–water partition coefficient (Wildman–Crippen LogP) is 1.44. The topological polar surface area (TPSA) is 64.8 Å². The molecule has 0 atom stereocenters. The molecule has 0 bridgehead atoms. The third-order valence-corrected chi connectivity index (χ3v) is 3.11. The number of hydrogen-bond donors (Lipinski definition) is 1. The zero-order valence-electron chi connectivity index (χ0n) is 12.3. The van der Waals surface area contributed by atoms with Crippen molar-refractivity contribution in [3.8, 4) is 0 Å². The summed E-state index contributed by atoms with van der Waals surface area (Å²) in [6.45, 7) is 3.61. The first-order valence-electron chi connectivity index (χ1n) is 6.76. The van der Waals surface area contributed by atoms with E-state index in [4.69, 9.17) is 15.2 Å². The highest BCUT2D eigenvalue weighted by Crippen LogP contribution is 2.08. The van der Waals surface area contributed by atoms with Gasteiger partial charge in [0.05, 0.1) is 13.2 Å². The molecular formula is C15H24N2O3. The second-order valence-corrected chi connectivity index (χ2v) is 4.62. The third kappa shape index (κ3) is 6.14. The van der Waals surface area contributed by atoms with Gasteiger partial charge in [-0.25, -0.2) is 0 Å². The van der Waals surface area contributed by atoms with E-state index in [2.05, 4.69) is 4.90 Å². The van der Waals surface area contributed by atoms with Crippen LogP contribution in [0.4, 0.5) is 5.69 Å². The third-order valence-electron chi connectivity index (χ3n) is 3.11. The predicted molar refractivity (Wildman–Crippen MR) is 80.0 cm³/mol. The van der Waals surface area contributed by atoms with E-state index in [-0.39, 0.29) is 5.78 Å². The van der Waals surface area contributed by atoms with Crippen LogP contribution in [0.2, 0.25) is 0 Å². The molecule has 0 saturated heterocycles. The van der Waals surface area contributed by atoms with Crippen LogP contribution in [-0.4, -0.2) is 57.8 Å². The molecule has 0 spiro atoms. The monoisotopic (exact) mass is 280 g/mol. The Balaban J connectivity index is 2.44. The maximum absolute atomic E-state index is 12.1. The van der Waals surface area contributed by atoms with Gasteiger partial charge in [0, 0.05) is 51.5 Å². The van der Waals surface area contributed by atoms with Gasteiger partial charge in [-0.15, -0.1) is 0 Å². The summed E-state index contributed by atoms with van der Waals surface area (Å²) in [7, 11) is 3.35. The molecule has 1 aromatic carbocycles. The van der Waals surface area contributed by atoms with E-state index in [1.165, 1.54) is 0 Å². The van der Waals surface area contributed by atoms with Gasteiger partial charge >= 0.3 is 0 Å².